The SMILES string of the molecule is Cc1c[nH]cc1C(=O)N[C@H]1CCc2c(F)cccc21. The van der Waals surface area contributed by atoms with Crippen LogP contribution in [0.1, 0.15) is 39.5 Å². The Morgan fingerprint density at radius 2 is 2.26 bits per heavy atom. The highest BCUT2D eigenvalue weighted by Gasteiger charge is 2.26. The van der Waals surface area contributed by atoms with Crippen molar-refractivity contribution in [3.63, 3.8) is 0 Å². The summed E-state index contributed by atoms with van der Waals surface area (Å²) in [6, 6.07) is 4.97. The summed E-state index contributed by atoms with van der Waals surface area (Å²) in [7, 11) is 0. The average molecular weight is 258 g/mol. The van der Waals surface area contributed by atoms with Crippen LogP contribution >= 0.6 is 0 Å². The molecule has 2 aromatic rings. The molecule has 1 heterocycles. The molecule has 4 heteroatoms. The molecule has 1 aliphatic carbocycles. The maximum absolute atomic E-state index is 13.6. The Labute approximate surface area is 110 Å². The number of aromatic nitrogens is 1. The number of benzene rings is 1. The number of aryl methyl sites for hydroxylation is 1. The highest BCUT2D eigenvalue weighted by Crippen LogP contribution is 2.32. The summed E-state index contributed by atoms with van der Waals surface area (Å²) in [4.78, 5) is 15.1. The van der Waals surface area contributed by atoms with E-state index in [2.05, 4.69) is 10.3 Å². The van der Waals surface area contributed by atoms with Gasteiger partial charge in [-0.3, -0.25) is 4.79 Å². The van der Waals surface area contributed by atoms with Crippen LogP contribution in [-0.2, 0) is 6.42 Å². The lowest BCUT2D eigenvalue weighted by atomic mass is 10.1. The van der Waals surface area contributed by atoms with E-state index in [9.17, 15) is 9.18 Å². The Morgan fingerprint density at radius 1 is 1.42 bits per heavy atom. The first kappa shape index (κ1) is 12.0. The van der Waals surface area contributed by atoms with Crippen molar-refractivity contribution < 1.29 is 9.18 Å². The summed E-state index contributed by atoms with van der Waals surface area (Å²) in [5, 5.41) is 2.98. The van der Waals surface area contributed by atoms with Gasteiger partial charge in [0.25, 0.3) is 5.91 Å². The molecule has 0 saturated carbocycles. The molecular formula is C15H15FN2O. The number of amides is 1. The van der Waals surface area contributed by atoms with Gasteiger partial charge in [0.15, 0.2) is 0 Å². The van der Waals surface area contributed by atoms with Crippen molar-refractivity contribution >= 4 is 5.91 Å². The van der Waals surface area contributed by atoms with E-state index in [1.54, 1.807) is 18.5 Å². The minimum Gasteiger partial charge on any atom is -0.367 e. The van der Waals surface area contributed by atoms with Gasteiger partial charge in [0.1, 0.15) is 5.82 Å². The monoisotopic (exact) mass is 258 g/mol. The molecule has 0 aliphatic heterocycles. The number of carbonyl (C=O) groups is 1. The summed E-state index contributed by atoms with van der Waals surface area (Å²) in [5.41, 5.74) is 3.19. The summed E-state index contributed by atoms with van der Waals surface area (Å²) >= 11 is 0. The zero-order chi connectivity index (χ0) is 13.4. The van der Waals surface area contributed by atoms with E-state index in [1.807, 2.05) is 13.0 Å². The van der Waals surface area contributed by atoms with Crippen LogP contribution in [0.5, 0.6) is 0 Å². The van der Waals surface area contributed by atoms with E-state index in [0.717, 1.165) is 23.1 Å². The van der Waals surface area contributed by atoms with Gasteiger partial charge in [0.05, 0.1) is 11.6 Å². The van der Waals surface area contributed by atoms with Crippen LogP contribution < -0.4 is 5.32 Å². The van der Waals surface area contributed by atoms with Crippen molar-refractivity contribution in [2.45, 2.75) is 25.8 Å². The van der Waals surface area contributed by atoms with Crippen LogP contribution in [0, 0.1) is 12.7 Å². The predicted molar refractivity (Wildman–Crippen MR) is 70.5 cm³/mol. The van der Waals surface area contributed by atoms with E-state index in [-0.39, 0.29) is 17.8 Å². The quantitative estimate of drug-likeness (QED) is 0.854. The van der Waals surface area contributed by atoms with Crippen molar-refractivity contribution in [1.82, 2.24) is 10.3 Å². The lowest BCUT2D eigenvalue weighted by molar-refractivity contribution is 0.0936. The van der Waals surface area contributed by atoms with Gasteiger partial charge in [-0.05, 0) is 42.5 Å². The Kier molecular flexibility index (Phi) is 2.85. The van der Waals surface area contributed by atoms with Gasteiger partial charge in [-0.25, -0.2) is 4.39 Å². The molecule has 98 valence electrons. The Morgan fingerprint density at radius 3 is 3.00 bits per heavy atom. The lowest BCUT2D eigenvalue weighted by Gasteiger charge is -2.14. The molecule has 0 spiro atoms. The van der Waals surface area contributed by atoms with Gasteiger partial charge < -0.3 is 10.3 Å². The standard InChI is InChI=1S/C15H15FN2O/c1-9-7-17-8-12(9)15(19)18-14-6-5-10-11(14)3-2-4-13(10)16/h2-4,7-8,14,17H,5-6H2,1H3,(H,18,19)/t14-/m0/s1. The second-order valence-corrected chi connectivity index (χ2v) is 4.92. The van der Waals surface area contributed by atoms with Crippen molar-refractivity contribution in [2.24, 2.45) is 0 Å². The van der Waals surface area contributed by atoms with Crippen molar-refractivity contribution in [1.29, 1.82) is 0 Å². The minimum atomic E-state index is -0.174. The molecule has 1 atom stereocenters. The molecule has 1 aromatic carbocycles. The van der Waals surface area contributed by atoms with E-state index in [0.29, 0.717) is 12.0 Å². The van der Waals surface area contributed by atoms with Crippen LogP contribution in [0.4, 0.5) is 4.39 Å². The number of nitrogens with one attached hydrogen (secondary N) is 2. The third kappa shape index (κ3) is 2.03. The second kappa shape index (κ2) is 4.53. The molecule has 2 N–H and O–H groups in total. The fourth-order valence-corrected chi connectivity index (χ4v) is 2.68. The van der Waals surface area contributed by atoms with Crippen LogP contribution in [0.15, 0.2) is 30.6 Å². The zero-order valence-electron chi connectivity index (χ0n) is 10.7. The average Bonchev–Trinajstić information content (AvgIpc) is 2.97. The van der Waals surface area contributed by atoms with Crippen molar-refractivity contribution in [2.75, 3.05) is 0 Å². The number of aromatic amines is 1. The molecule has 0 fully saturated rings. The topological polar surface area (TPSA) is 44.9 Å². The maximum Gasteiger partial charge on any atom is 0.253 e. The molecule has 0 unspecified atom stereocenters. The number of rotatable bonds is 2. The zero-order valence-corrected chi connectivity index (χ0v) is 10.7. The number of H-pyrrole nitrogens is 1. The number of hydrogen-bond donors (Lipinski definition) is 2. The Bertz CT molecular complexity index is 633. The highest BCUT2D eigenvalue weighted by molar-refractivity contribution is 5.95. The molecule has 1 aromatic heterocycles. The summed E-state index contributed by atoms with van der Waals surface area (Å²) in [5.74, 6) is -0.284. The van der Waals surface area contributed by atoms with Crippen LogP contribution in [0.2, 0.25) is 0 Å². The molecular weight excluding hydrogens is 243 g/mol. The number of carbonyl (C=O) groups excluding carboxylic acids is 1. The van der Waals surface area contributed by atoms with Gasteiger partial charge in [0, 0.05) is 12.4 Å². The fraction of sp³-hybridized carbons (Fsp3) is 0.267. The van der Waals surface area contributed by atoms with Gasteiger partial charge in [-0.15, -0.1) is 0 Å². The molecule has 1 aliphatic rings. The van der Waals surface area contributed by atoms with Crippen LogP contribution in [-0.4, -0.2) is 10.9 Å². The maximum atomic E-state index is 13.6. The largest absolute Gasteiger partial charge is 0.367 e. The molecule has 3 nitrogen and oxygen atoms in total. The third-order valence-corrected chi connectivity index (χ3v) is 3.72. The van der Waals surface area contributed by atoms with Crippen LogP contribution in [0.25, 0.3) is 0 Å². The third-order valence-electron chi connectivity index (χ3n) is 3.72. The number of fused-ring (bicyclic) bond motifs is 1. The first-order valence-corrected chi connectivity index (χ1v) is 6.38. The summed E-state index contributed by atoms with van der Waals surface area (Å²) in [6.07, 6.45) is 4.91. The lowest BCUT2D eigenvalue weighted by Crippen LogP contribution is -2.27. The predicted octanol–water partition coefficient (Wildman–Crippen LogP) is 2.88. The van der Waals surface area contributed by atoms with Gasteiger partial charge in [-0.1, -0.05) is 12.1 Å². The highest BCUT2D eigenvalue weighted by atomic mass is 19.1. The molecule has 1 amide bonds. The van der Waals surface area contributed by atoms with E-state index in [4.69, 9.17) is 0 Å². The van der Waals surface area contributed by atoms with Gasteiger partial charge in [0.2, 0.25) is 0 Å². The van der Waals surface area contributed by atoms with Crippen LogP contribution in [0.3, 0.4) is 0 Å². The summed E-state index contributed by atoms with van der Waals surface area (Å²) in [6.45, 7) is 1.88. The number of hydrogen-bond acceptors (Lipinski definition) is 1. The minimum absolute atomic E-state index is 0.0903. The molecule has 0 saturated heterocycles. The van der Waals surface area contributed by atoms with E-state index in [1.165, 1.54) is 6.07 Å². The van der Waals surface area contributed by atoms with E-state index >= 15 is 0 Å². The summed E-state index contributed by atoms with van der Waals surface area (Å²) < 4.78 is 13.6. The Balaban J connectivity index is 1.82. The van der Waals surface area contributed by atoms with Crippen molar-refractivity contribution in [3.05, 3.63) is 58.7 Å². The van der Waals surface area contributed by atoms with Gasteiger partial charge in [-0.2, -0.15) is 0 Å². The molecule has 0 bridgehead atoms. The van der Waals surface area contributed by atoms with Crippen molar-refractivity contribution in [3.8, 4) is 0 Å². The van der Waals surface area contributed by atoms with Gasteiger partial charge >= 0.3 is 0 Å². The normalized spacial score (nSPS) is 17.3. The number of halogens is 1. The first-order chi connectivity index (χ1) is 9.16. The second-order valence-electron chi connectivity index (χ2n) is 4.92. The first-order valence-electron chi connectivity index (χ1n) is 6.38. The molecule has 0 radical (unpaired) electrons. The van der Waals surface area contributed by atoms with E-state index < -0.39 is 0 Å². The Hall–Kier alpha value is -2.10. The molecule has 3 rings (SSSR count). The molecule has 19 heavy (non-hydrogen) atoms. The fourth-order valence-electron chi connectivity index (χ4n) is 2.68. The smallest absolute Gasteiger partial charge is 0.253 e.